The van der Waals surface area contributed by atoms with Gasteiger partial charge in [0.05, 0.1) is 17.4 Å². The highest BCUT2D eigenvalue weighted by molar-refractivity contribution is 5.75. The van der Waals surface area contributed by atoms with Crippen LogP contribution in [0.5, 0.6) is 0 Å². The lowest BCUT2D eigenvalue weighted by atomic mass is 9.87. The van der Waals surface area contributed by atoms with Gasteiger partial charge in [-0.05, 0) is 31.6 Å². The third-order valence-electron chi connectivity index (χ3n) is 3.64. The van der Waals surface area contributed by atoms with Gasteiger partial charge in [0.2, 0.25) is 5.91 Å². The van der Waals surface area contributed by atoms with E-state index in [1.165, 1.54) is 0 Å². The van der Waals surface area contributed by atoms with E-state index in [9.17, 15) is 4.79 Å². The standard InChI is InChI=1S/C16H19N3O/c1-9-4-6-12-8-14(19-11(3)20)13-7-5-10(2)18-16(13)15(12)17-9/h4-9,14,17-18H,1-3H3,(H,19,20). The molecule has 3 aliphatic rings. The van der Waals surface area contributed by atoms with Gasteiger partial charge in [-0.25, -0.2) is 0 Å². The Labute approximate surface area is 119 Å². The van der Waals surface area contributed by atoms with E-state index in [4.69, 9.17) is 0 Å². The van der Waals surface area contributed by atoms with Crippen LogP contribution in [0.25, 0.3) is 0 Å². The molecular weight excluding hydrogens is 250 g/mol. The fraction of sp³-hybridized carbons (Fsp3) is 0.312. The summed E-state index contributed by atoms with van der Waals surface area (Å²) in [6, 6.07) is 0.221. The molecule has 3 rings (SSSR count). The Bertz CT molecular complexity index is 620. The molecule has 0 aromatic rings. The monoisotopic (exact) mass is 269 g/mol. The molecule has 104 valence electrons. The molecule has 4 heteroatoms. The van der Waals surface area contributed by atoms with E-state index < -0.39 is 0 Å². The van der Waals surface area contributed by atoms with Gasteiger partial charge in [0.15, 0.2) is 0 Å². The third kappa shape index (κ3) is 2.18. The van der Waals surface area contributed by atoms with Crippen LogP contribution in [-0.4, -0.2) is 18.0 Å². The second kappa shape index (κ2) is 4.71. The molecule has 4 nitrogen and oxygen atoms in total. The normalized spacial score (nSPS) is 27.2. The number of allylic oxidation sites excluding steroid dienone is 4. The molecule has 0 aromatic carbocycles. The van der Waals surface area contributed by atoms with E-state index in [-0.39, 0.29) is 11.9 Å². The SMILES string of the molecule is CC(=O)NC1C=C2C=CC(C)NC2=C2NC(C)=CC=C21. The predicted octanol–water partition coefficient (Wildman–Crippen LogP) is 1.62. The summed E-state index contributed by atoms with van der Waals surface area (Å²) in [6.45, 7) is 5.70. The summed E-state index contributed by atoms with van der Waals surface area (Å²) in [5.74, 6) is -0.0251. The van der Waals surface area contributed by atoms with Gasteiger partial charge >= 0.3 is 0 Å². The first-order valence-electron chi connectivity index (χ1n) is 6.89. The van der Waals surface area contributed by atoms with E-state index >= 15 is 0 Å². The highest BCUT2D eigenvalue weighted by atomic mass is 16.1. The Morgan fingerprint density at radius 3 is 2.85 bits per heavy atom. The summed E-state index contributed by atoms with van der Waals surface area (Å²) in [4.78, 5) is 11.4. The van der Waals surface area contributed by atoms with Crippen molar-refractivity contribution in [3.8, 4) is 0 Å². The van der Waals surface area contributed by atoms with Crippen molar-refractivity contribution in [2.75, 3.05) is 0 Å². The van der Waals surface area contributed by atoms with Crippen LogP contribution in [0.1, 0.15) is 20.8 Å². The molecule has 20 heavy (non-hydrogen) atoms. The van der Waals surface area contributed by atoms with Crippen molar-refractivity contribution in [3.63, 3.8) is 0 Å². The zero-order valence-electron chi connectivity index (χ0n) is 11.9. The molecule has 3 N–H and O–H groups in total. The molecule has 2 heterocycles. The first kappa shape index (κ1) is 12.8. The number of rotatable bonds is 1. The Hall–Kier alpha value is -2.23. The number of carbonyl (C=O) groups is 1. The van der Waals surface area contributed by atoms with Crippen LogP contribution >= 0.6 is 0 Å². The molecule has 1 aliphatic carbocycles. The van der Waals surface area contributed by atoms with Gasteiger partial charge in [0.1, 0.15) is 0 Å². The van der Waals surface area contributed by atoms with Gasteiger partial charge in [0.25, 0.3) is 0 Å². The lowest BCUT2D eigenvalue weighted by molar-refractivity contribution is -0.119. The highest BCUT2D eigenvalue weighted by Gasteiger charge is 2.29. The number of hydrogen-bond donors (Lipinski definition) is 3. The number of dihydropyridines is 1. The van der Waals surface area contributed by atoms with Crippen molar-refractivity contribution in [2.24, 2.45) is 0 Å². The Kier molecular flexibility index (Phi) is 3.01. The maximum Gasteiger partial charge on any atom is 0.217 e. The Morgan fingerprint density at radius 1 is 1.30 bits per heavy atom. The van der Waals surface area contributed by atoms with Gasteiger partial charge < -0.3 is 16.0 Å². The fourth-order valence-corrected chi connectivity index (χ4v) is 2.73. The average molecular weight is 269 g/mol. The fourth-order valence-electron chi connectivity index (χ4n) is 2.73. The molecule has 1 amide bonds. The molecule has 0 bridgehead atoms. The molecule has 0 saturated heterocycles. The number of carbonyl (C=O) groups excluding carboxylic acids is 1. The van der Waals surface area contributed by atoms with Crippen molar-refractivity contribution in [1.29, 1.82) is 0 Å². The first-order chi connectivity index (χ1) is 9.54. The largest absolute Gasteiger partial charge is 0.377 e. The minimum Gasteiger partial charge on any atom is -0.377 e. The van der Waals surface area contributed by atoms with E-state index in [1.807, 2.05) is 13.0 Å². The van der Waals surface area contributed by atoms with E-state index in [2.05, 4.69) is 47.2 Å². The van der Waals surface area contributed by atoms with Crippen LogP contribution in [0.4, 0.5) is 0 Å². The highest BCUT2D eigenvalue weighted by Crippen LogP contribution is 2.32. The molecule has 0 spiro atoms. The number of nitrogens with one attached hydrogen (secondary N) is 3. The van der Waals surface area contributed by atoms with Crippen molar-refractivity contribution in [3.05, 3.63) is 58.6 Å². The van der Waals surface area contributed by atoms with Gasteiger partial charge in [-0.2, -0.15) is 0 Å². The summed E-state index contributed by atoms with van der Waals surface area (Å²) < 4.78 is 0. The second-order valence-electron chi connectivity index (χ2n) is 5.44. The summed E-state index contributed by atoms with van der Waals surface area (Å²) in [5.41, 5.74) is 5.50. The van der Waals surface area contributed by atoms with Crippen LogP contribution < -0.4 is 16.0 Å². The quantitative estimate of drug-likeness (QED) is 0.678. The summed E-state index contributed by atoms with van der Waals surface area (Å²) >= 11 is 0. The van der Waals surface area contributed by atoms with Crippen molar-refractivity contribution < 1.29 is 4.79 Å². The molecule has 2 aliphatic heterocycles. The van der Waals surface area contributed by atoms with E-state index in [0.29, 0.717) is 6.04 Å². The van der Waals surface area contributed by atoms with Crippen molar-refractivity contribution in [2.45, 2.75) is 32.9 Å². The van der Waals surface area contributed by atoms with Crippen LogP contribution in [0.3, 0.4) is 0 Å². The molecule has 0 saturated carbocycles. The zero-order chi connectivity index (χ0) is 14.3. The number of fused-ring (bicyclic) bond motifs is 2. The topological polar surface area (TPSA) is 53.2 Å². The molecule has 0 aromatic heterocycles. The average Bonchev–Trinajstić information content (AvgIpc) is 2.39. The maximum absolute atomic E-state index is 11.4. The van der Waals surface area contributed by atoms with Gasteiger partial charge in [-0.1, -0.05) is 18.2 Å². The molecule has 2 unspecified atom stereocenters. The lowest BCUT2D eigenvalue weighted by Crippen LogP contribution is -2.42. The van der Waals surface area contributed by atoms with Crippen molar-refractivity contribution in [1.82, 2.24) is 16.0 Å². The summed E-state index contributed by atoms with van der Waals surface area (Å²) in [5, 5.41) is 9.91. The van der Waals surface area contributed by atoms with Crippen LogP contribution in [0.15, 0.2) is 58.6 Å². The van der Waals surface area contributed by atoms with Gasteiger partial charge in [-0.15, -0.1) is 0 Å². The summed E-state index contributed by atoms with van der Waals surface area (Å²) in [7, 11) is 0. The van der Waals surface area contributed by atoms with Crippen molar-refractivity contribution >= 4 is 5.91 Å². The zero-order valence-corrected chi connectivity index (χ0v) is 11.9. The minimum atomic E-state index is -0.0852. The Morgan fingerprint density at radius 2 is 2.10 bits per heavy atom. The molecule has 0 fully saturated rings. The minimum absolute atomic E-state index is 0.0251. The van der Waals surface area contributed by atoms with E-state index in [0.717, 1.165) is 28.2 Å². The summed E-state index contributed by atoms with van der Waals surface area (Å²) in [6.07, 6.45) is 10.4. The van der Waals surface area contributed by atoms with Crippen LogP contribution in [0.2, 0.25) is 0 Å². The third-order valence-corrected chi connectivity index (χ3v) is 3.64. The molecule has 0 radical (unpaired) electrons. The smallest absolute Gasteiger partial charge is 0.217 e. The first-order valence-corrected chi connectivity index (χ1v) is 6.89. The molecular formula is C16H19N3O. The lowest BCUT2D eigenvalue weighted by Gasteiger charge is -2.34. The maximum atomic E-state index is 11.4. The van der Waals surface area contributed by atoms with Crippen LogP contribution in [0, 0.1) is 0 Å². The number of hydrogen-bond acceptors (Lipinski definition) is 3. The number of amides is 1. The van der Waals surface area contributed by atoms with E-state index in [1.54, 1.807) is 6.92 Å². The Balaban J connectivity index is 2.08. The van der Waals surface area contributed by atoms with Gasteiger partial charge in [-0.3, -0.25) is 4.79 Å². The van der Waals surface area contributed by atoms with Gasteiger partial charge in [0, 0.05) is 24.2 Å². The molecule has 2 atom stereocenters. The second-order valence-corrected chi connectivity index (χ2v) is 5.44. The van der Waals surface area contributed by atoms with Crippen LogP contribution in [-0.2, 0) is 4.79 Å². The predicted molar refractivity (Wildman–Crippen MR) is 79.4 cm³/mol.